The summed E-state index contributed by atoms with van der Waals surface area (Å²) in [6.45, 7) is 1.81. The first kappa shape index (κ1) is 15.0. The molecule has 2 unspecified atom stereocenters. The molecule has 3 nitrogen and oxygen atoms in total. The van der Waals surface area contributed by atoms with E-state index in [1.165, 1.54) is 6.26 Å². The van der Waals surface area contributed by atoms with Crippen molar-refractivity contribution in [3.63, 3.8) is 0 Å². The Morgan fingerprint density at radius 2 is 2.11 bits per heavy atom. The van der Waals surface area contributed by atoms with Crippen LogP contribution in [0.2, 0.25) is 0 Å². The first-order chi connectivity index (χ1) is 8.35. The molecule has 0 fully saturated rings. The SMILES string of the molecule is CCC(N)C(c1ccco1)N(C)CCC(F)(F)F. The number of rotatable bonds is 6. The largest absolute Gasteiger partial charge is 0.468 e. The molecular weight excluding hydrogens is 245 g/mol. The number of alkyl halides is 3. The van der Waals surface area contributed by atoms with Crippen molar-refractivity contribution in [2.24, 2.45) is 5.73 Å². The summed E-state index contributed by atoms with van der Waals surface area (Å²) in [6.07, 6.45) is -2.83. The molecule has 0 amide bonds. The minimum absolute atomic E-state index is 0.0947. The van der Waals surface area contributed by atoms with Gasteiger partial charge in [-0.25, -0.2) is 0 Å². The van der Waals surface area contributed by atoms with Crippen LogP contribution in [0, 0.1) is 0 Å². The highest BCUT2D eigenvalue weighted by Crippen LogP contribution is 2.27. The molecule has 0 aliphatic carbocycles. The molecule has 0 aromatic carbocycles. The van der Waals surface area contributed by atoms with Gasteiger partial charge >= 0.3 is 6.18 Å². The molecule has 1 rings (SSSR count). The lowest BCUT2D eigenvalue weighted by atomic mass is 10.0. The van der Waals surface area contributed by atoms with E-state index in [1.807, 2.05) is 6.92 Å². The van der Waals surface area contributed by atoms with E-state index >= 15 is 0 Å². The van der Waals surface area contributed by atoms with Crippen molar-refractivity contribution in [1.29, 1.82) is 0 Å². The average Bonchev–Trinajstić information content (AvgIpc) is 2.79. The molecule has 0 aliphatic rings. The average molecular weight is 264 g/mol. The Labute approximate surface area is 105 Å². The number of hydrogen-bond acceptors (Lipinski definition) is 3. The van der Waals surface area contributed by atoms with Crippen LogP contribution in [0.1, 0.15) is 31.6 Å². The van der Waals surface area contributed by atoms with Crippen molar-refractivity contribution in [2.45, 2.75) is 38.0 Å². The van der Waals surface area contributed by atoms with Crippen molar-refractivity contribution in [3.05, 3.63) is 24.2 Å². The van der Waals surface area contributed by atoms with Crippen LogP contribution >= 0.6 is 0 Å². The summed E-state index contributed by atoms with van der Waals surface area (Å²) in [6, 6.07) is 2.87. The third kappa shape index (κ3) is 4.34. The van der Waals surface area contributed by atoms with E-state index in [4.69, 9.17) is 10.2 Å². The molecule has 18 heavy (non-hydrogen) atoms. The maximum absolute atomic E-state index is 12.2. The van der Waals surface area contributed by atoms with Gasteiger partial charge in [-0.2, -0.15) is 13.2 Å². The van der Waals surface area contributed by atoms with E-state index < -0.39 is 12.6 Å². The van der Waals surface area contributed by atoms with Crippen molar-refractivity contribution < 1.29 is 17.6 Å². The molecule has 0 spiro atoms. The van der Waals surface area contributed by atoms with Gasteiger partial charge in [-0.3, -0.25) is 4.90 Å². The summed E-state index contributed by atoms with van der Waals surface area (Å²) >= 11 is 0. The van der Waals surface area contributed by atoms with Gasteiger partial charge in [0, 0.05) is 12.6 Å². The van der Waals surface area contributed by atoms with Gasteiger partial charge in [-0.15, -0.1) is 0 Å². The highest BCUT2D eigenvalue weighted by Gasteiger charge is 2.31. The lowest BCUT2D eigenvalue weighted by Gasteiger charge is -2.31. The van der Waals surface area contributed by atoms with E-state index in [-0.39, 0.29) is 18.6 Å². The molecule has 1 aromatic heterocycles. The fourth-order valence-electron chi connectivity index (χ4n) is 1.88. The van der Waals surface area contributed by atoms with Crippen LogP contribution in [0.25, 0.3) is 0 Å². The third-order valence-electron chi connectivity index (χ3n) is 2.93. The number of nitrogens with zero attached hydrogens (tertiary/aromatic N) is 1. The van der Waals surface area contributed by atoms with Gasteiger partial charge in [-0.1, -0.05) is 6.92 Å². The molecule has 0 saturated heterocycles. The Morgan fingerprint density at radius 1 is 1.44 bits per heavy atom. The van der Waals surface area contributed by atoms with Gasteiger partial charge in [0.25, 0.3) is 0 Å². The fourth-order valence-corrected chi connectivity index (χ4v) is 1.88. The van der Waals surface area contributed by atoms with Crippen LogP contribution in [0.15, 0.2) is 22.8 Å². The summed E-state index contributed by atoms with van der Waals surface area (Å²) in [5.74, 6) is 0.606. The summed E-state index contributed by atoms with van der Waals surface area (Å²) in [5, 5.41) is 0. The Hall–Kier alpha value is -1.01. The van der Waals surface area contributed by atoms with Gasteiger partial charge < -0.3 is 10.2 Å². The Kier molecular flexibility index (Phi) is 5.22. The van der Waals surface area contributed by atoms with E-state index in [0.717, 1.165) is 0 Å². The molecular formula is C12H19F3N2O. The molecule has 0 saturated carbocycles. The van der Waals surface area contributed by atoms with Crippen molar-refractivity contribution in [2.75, 3.05) is 13.6 Å². The standard InChI is InChI=1S/C12H19F3N2O/c1-3-9(16)11(10-5-4-8-18-10)17(2)7-6-12(13,14)15/h4-5,8-9,11H,3,6-7,16H2,1-2H3. The van der Waals surface area contributed by atoms with E-state index in [2.05, 4.69) is 0 Å². The Bertz CT molecular complexity index is 338. The summed E-state index contributed by atoms with van der Waals surface area (Å²) in [4.78, 5) is 1.60. The zero-order valence-corrected chi connectivity index (χ0v) is 10.6. The first-order valence-electron chi connectivity index (χ1n) is 5.91. The van der Waals surface area contributed by atoms with Gasteiger partial charge in [0.15, 0.2) is 0 Å². The van der Waals surface area contributed by atoms with Crippen LogP contribution in [-0.4, -0.2) is 30.7 Å². The molecule has 1 aromatic rings. The predicted molar refractivity (Wildman–Crippen MR) is 63.0 cm³/mol. The summed E-state index contributed by atoms with van der Waals surface area (Å²) in [7, 11) is 1.63. The molecule has 104 valence electrons. The molecule has 0 radical (unpaired) electrons. The van der Waals surface area contributed by atoms with Crippen molar-refractivity contribution >= 4 is 0 Å². The normalized spacial score (nSPS) is 15.9. The maximum Gasteiger partial charge on any atom is 0.390 e. The number of halogens is 3. The zero-order chi connectivity index (χ0) is 13.8. The van der Waals surface area contributed by atoms with Crippen LogP contribution in [0.3, 0.4) is 0 Å². The summed E-state index contributed by atoms with van der Waals surface area (Å²) in [5.41, 5.74) is 5.97. The minimum Gasteiger partial charge on any atom is -0.468 e. The smallest absolute Gasteiger partial charge is 0.390 e. The Balaban J connectivity index is 2.72. The predicted octanol–water partition coefficient (Wildman–Crippen LogP) is 2.94. The lowest BCUT2D eigenvalue weighted by molar-refractivity contribution is -0.138. The monoisotopic (exact) mass is 264 g/mol. The van der Waals surface area contributed by atoms with E-state index in [9.17, 15) is 13.2 Å². The number of likely N-dealkylation sites (N-methyl/N-ethyl adjacent to an activating group) is 1. The molecule has 1 heterocycles. The van der Waals surface area contributed by atoms with E-state index in [0.29, 0.717) is 12.2 Å². The third-order valence-corrected chi connectivity index (χ3v) is 2.93. The molecule has 2 atom stereocenters. The second-order valence-corrected chi connectivity index (χ2v) is 4.38. The van der Waals surface area contributed by atoms with Crippen molar-refractivity contribution in [3.8, 4) is 0 Å². The zero-order valence-electron chi connectivity index (χ0n) is 10.6. The number of furan rings is 1. The molecule has 6 heteroatoms. The molecule has 0 bridgehead atoms. The minimum atomic E-state index is -4.15. The van der Waals surface area contributed by atoms with Gasteiger partial charge in [0.1, 0.15) is 5.76 Å². The lowest BCUT2D eigenvalue weighted by Crippen LogP contribution is -2.40. The molecule has 2 N–H and O–H groups in total. The van der Waals surface area contributed by atoms with Crippen molar-refractivity contribution in [1.82, 2.24) is 4.90 Å². The highest BCUT2D eigenvalue weighted by atomic mass is 19.4. The van der Waals surface area contributed by atoms with Crippen LogP contribution < -0.4 is 5.73 Å². The van der Waals surface area contributed by atoms with Gasteiger partial charge in [0.2, 0.25) is 0 Å². The van der Waals surface area contributed by atoms with E-state index in [1.54, 1.807) is 24.1 Å². The fraction of sp³-hybridized carbons (Fsp3) is 0.667. The first-order valence-corrected chi connectivity index (χ1v) is 5.91. The van der Waals surface area contributed by atoms with Gasteiger partial charge in [-0.05, 0) is 25.6 Å². The maximum atomic E-state index is 12.2. The second-order valence-electron chi connectivity index (χ2n) is 4.38. The van der Waals surface area contributed by atoms with Crippen LogP contribution in [-0.2, 0) is 0 Å². The second kappa shape index (κ2) is 6.24. The van der Waals surface area contributed by atoms with Crippen LogP contribution in [0.5, 0.6) is 0 Å². The topological polar surface area (TPSA) is 42.4 Å². The van der Waals surface area contributed by atoms with Gasteiger partial charge in [0.05, 0.1) is 18.7 Å². The highest BCUT2D eigenvalue weighted by molar-refractivity contribution is 5.07. The Morgan fingerprint density at radius 3 is 2.56 bits per heavy atom. The number of nitrogens with two attached hydrogens (primary N) is 1. The molecule has 0 aliphatic heterocycles. The van der Waals surface area contributed by atoms with Crippen LogP contribution in [0.4, 0.5) is 13.2 Å². The quantitative estimate of drug-likeness (QED) is 0.859. The summed E-state index contributed by atoms with van der Waals surface area (Å²) < 4.78 is 41.9. The number of hydrogen-bond donors (Lipinski definition) is 1.